The minimum absolute atomic E-state index is 0.00369. The molecular weight excluding hydrogens is 899 g/mol. The molecule has 0 aromatic heterocycles. The number of hydrogen-bond donors (Lipinski definition) is 3. The Balaban J connectivity index is 3.42. The van der Waals surface area contributed by atoms with Crippen LogP contribution in [0.1, 0.15) is 367 Å². The molecule has 432 valence electrons. The monoisotopic (exact) mass is 1030 g/mol. The number of carbonyl (C=O) groups excluding carboxylic acids is 2. The van der Waals surface area contributed by atoms with Gasteiger partial charge in [-0.3, -0.25) is 9.59 Å². The predicted octanol–water partition coefficient (Wildman–Crippen LogP) is 21.0. The minimum Gasteiger partial charge on any atom is -0.466 e. The first-order valence-electron chi connectivity index (χ1n) is 33.1. The normalized spacial score (nSPS) is 12.7. The Labute approximate surface area is 456 Å². The number of carbonyl (C=O) groups is 2. The second kappa shape index (κ2) is 62.9. The predicted molar refractivity (Wildman–Crippen MR) is 320 cm³/mol. The molecule has 0 fully saturated rings. The van der Waals surface area contributed by atoms with Gasteiger partial charge in [0.25, 0.3) is 0 Å². The highest BCUT2D eigenvalue weighted by Crippen LogP contribution is 2.18. The average molecular weight is 1030 g/mol. The first-order valence-corrected chi connectivity index (χ1v) is 33.1. The Morgan fingerprint density at radius 3 is 0.973 bits per heavy atom. The zero-order chi connectivity index (χ0) is 52.9. The fourth-order valence-corrected chi connectivity index (χ4v) is 10.4. The quantitative estimate of drug-likeness (QED) is 0.0320. The number of nitrogens with one attached hydrogen (secondary N) is 1. The molecule has 6 heteroatoms. The summed E-state index contributed by atoms with van der Waals surface area (Å²) >= 11 is 0. The molecule has 2 unspecified atom stereocenters. The van der Waals surface area contributed by atoms with Crippen molar-refractivity contribution in [3.8, 4) is 0 Å². The standard InChI is InChI=1S/C67H129NO5/c1-3-5-7-9-11-13-15-17-19-21-24-28-31-35-39-43-47-51-55-59-65(70)64(63-69)68-66(71)60-56-52-48-44-40-36-32-29-25-22-23-26-30-34-38-42-46-50-54-58-62-73-67(72)61-57-53-49-45-41-37-33-27-20-18-16-14-12-10-8-6-4-2/h18,20,22,25,64-65,69-70H,3-17,19,21,23-24,26-63H2,1-2H3,(H,68,71)/b20-18-,25-22-. The molecule has 0 rings (SSSR count). The van der Waals surface area contributed by atoms with Crippen molar-refractivity contribution < 1.29 is 24.5 Å². The van der Waals surface area contributed by atoms with Crippen molar-refractivity contribution in [3.63, 3.8) is 0 Å². The fourth-order valence-electron chi connectivity index (χ4n) is 10.4. The van der Waals surface area contributed by atoms with Gasteiger partial charge in [-0.25, -0.2) is 0 Å². The van der Waals surface area contributed by atoms with E-state index in [0.717, 1.165) is 44.9 Å². The lowest BCUT2D eigenvalue weighted by Crippen LogP contribution is -2.45. The second-order valence-electron chi connectivity index (χ2n) is 22.8. The molecule has 73 heavy (non-hydrogen) atoms. The largest absolute Gasteiger partial charge is 0.466 e. The number of rotatable bonds is 62. The molecule has 0 aliphatic carbocycles. The minimum atomic E-state index is -0.671. The number of unbranched alkanes of at least 4 members (excludes halogenated alkanes) is 47. The van der Waals surface area contributed by atoms with Crippen LogP contribution in [0, 0.1) is 0 Å². The molecular formula is C67H129NO5. The smallest absolute Gasteiger partial charge is 0.305 e. The van der Waals surface area contributed by atoms with Gasteiger partial charge in [-0.15, -0.1) is 0 Å². The lowest BCUT2D eigenvalue weighted by Gasteiger charge is -2.22. The van der Waals surface area contributed by atoms with Crippen molar-refractivity contribution in [3.05, 3.63) is 24.3 Å². The van der Waals surface area contributed by atoms with Gasteiger partial charge in [-0.2, -0.15) is 0 Å². The van der Waals surface area contributed by atoms with E-state index in [1.807, 2.05) is 0 Å². The summed E-state index contributed by atoms with van der Waals surface area (Å²) < 4.78 is 5.49. The van der Waals surface area contributed by atoms with Crippen LogP contribution in [0.15, 0.2) is 24.3 Å². The molecule has 0 aliphatic rings. The highest BCUT2D eigenvalue weighted by molar-refractivity contribution is 5.76. The van der Waals surface area contributed by atoms with E-state index in [2.05, 4.69) is 43.5 Å². The van der Waals surface area contributed by atoms with Crippen molar-refractivity contribution in [2.24, 2.45) is 0 Å². The number of allylic oxidation sites excluding steroid dienone is 4. The molecule has 0 spiro atoms. The van der Waals surface area contributed by atoms with Crippen LogP contribution in [0.25, 0.3) is 0 Å². The summed E-state index contributed by atoms with van der Waals surface area (Å²) in [6.07, 6.45) is 77.7. The Bertz CT molecular complexity index is 1140. The lowest BCUT2D eigenvalue weighted by atomic mass is 10.0. The van der Waals surface area contributed by atoms with Gasteiger partial charge in [-0.1, -0.05) is 301 Å². The highest BCUT2D eigenvalue weighted by Gasteiger charge is 2.20. The third-order valence-corrected chi connectivity index (χ3v) is 15.5. The number of ether oxygens (including phenoxy) is 1. The third kappa shape index (κ3) is 59.4. The number of aliphatic hydroxyl groups excluding tert-OH is 2. The SMILES string of the molecule is CCCCCCCC/C=C\CCCCCCCCCC(=O)OCCCCCCCCCCC/C=C\CCCCCCCCCC(=O)NC(CO)C(O)CCCCCCCCCCCCCCCCCCCCC. The van der Waals surface area contributed by atoms with Crippen LogP contribution >= 0.6 is 0 Å². The molecule has 0 aromatic carbocycles. The maximum Gasteiger partial charge on any atom is 0.305 e. The molecule has 0 bridgehead atoms. The average Bonchev–Trinajstić information content (AvgIpc) is 3.39. The van der Waals surface area contributed by atoms with Crippen LogP contribution in [-0.2, 0) is 14.3 Å². The second-order valence-corrected chi connectivity index (χ2v) is 22.8. The maximum atomic E-state index is 12.5. The number of hydrogen-bond acceptors (Lipinski definition) is 5. The van der Waals surface area contributed by atoms with Crippen LogP contribution in [0.2, 0.25) is 0 Å². The molecule has 0 saturated heterocycles. The number of esters is 1. The molecule has 2 atom stereocenters. The van der Waals surface area contributed by atoms with Crippen molar-refractivity contribution in [2.75, 3.05) is 13.2 Å². The molecule has 0 saturated carbocycles. The topological polar surface area (TPSA) is 95.9 Å². The number of amides is 1. The fraction of sp³-hybridized carbons (Fsp3) is 0.910. The Morgan fingerprint density at radius 1 is 0.370 bits per heavy atom. The van der Waals surface area contributed by atoms with E-state index in [-0.39, 0.29) is 18.5 Å². The molecule has 0 aliphatic heterocycles. The molecule has 6 nitrogen and oxygen atoms in total. The summed E-state index contributed by atoms with van der Waals surface area (Å²) in [5.41, 5.74) is 0. The van der Waals surface area contributed by atoms with Gasteiger partial charge in [-0.05, 0) is 77.0 Å². The van der Waals surface area contributed by atoms with Crippen LogP contribution in [0.4, 0.5) is 0 Å². The first-order chi connectivity index (χ1) is 36.0. The van der Waals surface area contributed by atoms with Crippen LogP contribution in [0.3, 0.4) is 0 Å². The zero-order valence-electron chi connectivity index (χ0n) is 49.4. The highest BCUT2D eigenvalue weighted by atomic mass is 16.5. The van der Waals surface area contributed by atoms with Crippen molar-refractivity contribution >= 4 is 11.9 Å². The molecule has 0 radical (unpaired) electrons. The summed E-state index contributed by atoms with van der Waals surface area (Å²) in [5, 5.41) is 23.4. The Morgan fingerprint density at radius 2 is 0.644 bits per heavy atom. The van der Waals surface area contributed by atoms with E-state index < -0.39 is 12.1 Å². The van der Waals surface area contributed by atoms with E-state index in [1.54, 1.807) is 0 Å². The van der Waals surface area contributed by atoms with Crippen LogP contribution in [0.5, 0.6) is 0 Å². The molecule has 0 aromatic rings. The number of aliphatic hydroxyl groups is 2. The summed E-state index contributed by atoms with van der Waals surface area (Å²) in [5.74, 6) is -0.0367. The van der Waals surface area contributed by atoms with Gasteiger partial charge in [0.15, 0.2) is 0 Å². The van der Waals surface area contributed by atoms with E-state index in [4.69, 9.17) is 4.74 Å². The molecule has 3 N–H and O–H groups in total. The van der Waals surface area contributed by atoms with Crippen molar-refractivity contribution in [1.29, 1.82) is 0 Å². The summed E-state index contributed by atoms with van der Waals surface area (Å²) in [4.78, 5) is 24.6. The maximum absolute atomic E-state index is 12.5. The van der Waals surface area contributed by atoms with E-state index in [1.165, 1.54) is 289 Å². The summed E-state index contributed by atoms with van der Waals surface area (Å²) in [6, 6.07) is -0.549. The Hall–Kier alpha value is -1.66. The van der Waals surface area contributed by atoms with Crippen LogP contribution < -0.4 is 5.32 Å². The first kappa shape index (κ1) is 71.3. The van der Waals surface area contributed by atoms with E-state index in [9.17, 15) is 19.8 Å². The van der Waals surface area contributed by atoms with Gasteiger partial charge in [0.2, 0.25) is 5.91 Å². The van der Waals surface area contributed by atoms with Gasteiger partial charge in [0.1, 0.15) is 0 Å². The van der Waals surface area contributed by atoms with E-state index >= 15 is 0 Å². The van der Waals surface area contributed by atoms with Crippen LogP contribution in [-0.4, -0.2) is 47.4 Å². The summed E-state index contributed by atoms with van der Waals surface area (Å²) in [7, 11) is 0. The van der Waals surface area contributed by atoms with Gasteiger partial charge in [0, 0.05) is 12.8 Å². The Kier molecular flexibility index (Phi) is 61.4. The molecule has 0 heterocycles. The van der Waals surface area contributed by atoms with Crippen molar-refractivity contribution in [2.45, 2.75) is 379 Å². The third-order valence-electron chi connectivity index (χ3n) is 15.5. The van der Waals surface area contributed by atoms with Gasteiger partial charge in [0.05, 0.1) is 25.4 Å². The van der Waals surface area contributed by atoms with Gasteiger partial charge >= 0.3 is 5.97 Å². The van der Waals surface area contributed by atoms with E-state index in [0.29, 0.717) is 25.9 Å². The van der Waals surface area contributed by atoms with Gasteiger partial charge < -0.3 is 20.3 Å². The lowest BCUT2D eigenvalue weighted by molar-refractivity contribution is -0.143. The zero-order valence-corrected chi connectivity index (χ0v) is 49.4. The van der Waals surface area contributed by atoms with Crippen molar-refractivity contribution in [1.82, 2.24) is 5.32 Å². The summed E-state index contributed by atoms with van der Waals surface area (Å²) in [6.45, 7) is 4.97. The molecule has 1 amide bonds.